The lowest BCUT2D eigenvalue weighted by Crippen LogP contribution is -2.50. The number of thioether (sulfide) groups is 1. The van der Waals surface area contributed by atoms with Crippen LogP contribution in [0.4, 0.5) is 10.5 Å². The predicted octanol–water partition coefficient (Wildman–Crippen LogP) is 6.10. The molecule has 0 N–H and O–H groups in total. The molecule has 1 amide bonds. The van der Waals surface area contributed by atoms with E-state index in [-0.39, 0.29) is 10.8 Å². The Morgan fingerprint density at radius 1 is 1.18 bits per heavy atom. The van der Waals surface area contributed by atoms with Crippen molar-refractivity contribution in [2.45, 2.75) is 52.0 Å². The van der Waals surface area contributed by atoms with Crippen LogP contribution in [0.25, 0.3) is 0 Å². The number of carbonyl (C=O) groups is 1. The second-order valence-corrected chi connectivity index (χ2v) is 9.57. The lowest BCUT2D eigenvalue weighted by molar-refractivity contribution is 0.143. The first-order valence-corrected chi connectivity index (χ1v) is 9.82. The van der Waals surface area contributed by atoms with E-state index >= 15 is 0 Å². The zero-order chi connectivity index (χ0) is 16.0. The molecule has 120 valence electrons. The summed E-state index contributed by atoms with van der Waals surface area (Å²) in [5.74, 6) is 1.71. The third-order valence-corrected chi connectivity index (χ3v) is 6.99. The molecule has 4 heteroatoms. The van der Waals surface area contributed by atoms with Gasteiger partial charge in [-0.05, 0) is 61.3 Å². The summed E-state index contributed by atoms with van der Waals surface area (Å²) in [6, 6.07) is 8.18. The van der Waals surface area contributed by atoms with E-state index in [1.165, 1.54) is 24.6 Å². The molecule has 1 aliphatic heterocycles. The molecule has 0 atom stereocenters. The normalized spacial score (nSPS) is 29.4. The first-order chi connectivity index (χ1) is 10.3. The number of amides is 1. The van der Waals surface area contributed by atoms with Gasteiger partial charge in [0.05, 0.1) is 5.54 Å². The van der Waals surface area contributed by atoms with Gasteiger partial charge in [0.1, 0.15) is 0 Å². The Kier molecular flexibility index (Phi) is 4.36. The quantitative estimate of drug-likeness (QED) is 0.585. The van der Waals surface area contributed by atoms with Crippen molar-refractivity contribution in [3.05, 3.63) is 28.7 Å². The van der Waals surface area contributed by atoms with Gasteiger partial charge in [-0.15, -0.1) is 0 Å². The van der Waals surface area contributed by atoms with Gasteiger partial charge in [-0.25, -0.2) is 0 Å². The molecule has 22 heavy (non-hydrogen) atoms. The van der Waals surface area contributed by atoms with Crippen molar-refractivity contribution in [2.24, 2.45) is 11.3 Å². The van der Waals surface area contributed by atoms with E-state index < -0.39 is 0 Å². The first kappa shape index (κ1) is 16.4. The predicted molar refractivity (Wildman–Crippen MR) is 98.6 cm³/mol. The number of nitrogens with zero attached hydrogens (tertiary/aromatic N) is 1. The minimum atomic E-state index is 0.0390. The smallest absolute Gasteiger partial charge is 0.286 e. The second kappa shape index (κ2) is 5.86. The summed E-state index contributed by atoms with van der Waals surface area (Å²) in [6.45, 7) is 7.03. The fourth-order valence-corrected chi connectivity index (χ4v) is 5.38. The van der Waals surface area contributed by atoms with Crippen LogP contribution in [0.3, 0.4) is 0 Å². The van der Waals surface area contributed by atoms with Crippen LogP contribution in [-0.2, 0) is 0 Å². The number of rotatable bonds is 1. The van der Waals surface area contributed by atoms with Crippen LogP contribution in [-0.4, -0.2) is 16.5 Å². The topological polar surface area (TPSA) is 20.3 Å². The fourth-order valence-electron chi connectivity index (χ4n) is 3.88. The van der Waals surface area contributed by atoms with Gasteiger partial charge < -0.3 is 0 Å². The maximum absolute atomic E-state index is 12.5. The van der Waals surface area contributed by atoms with Crippen LogP contribution in [0.2, 0.25) is 0 Å². The molecule has 0 aromatic heterocycles. The monoisotopic (exact) mass is 381 g/mol. The standard InChI is InChI=1S/C18H24BrNOS/c1-17(2,3)13-8-10-18(11-9-13)12-22-16(21)20(18)15-6-4-14(19)5-7-15/h4-7,13H,8-12H2,1-3H3. The van der Waals surface area contributed by atoms with E-state index in [0.29, 0.717) is 5.41 Å². The average molecular weight is 382 g/mol. The molecule has 0 radical (unpaired) electrons. The molecule has 1 saturated carbocycles. The van der Waals surface area contributed by atoms with Gasteiger partial charge in [0.25, 0.3) is 5.24 Å². The molecule has 1 aromatic rings. The van der Waals surface area contributed by atoms with Crippen LogP contribution in [0.5, 0.6) is 0 Å². The number of halogens is 1. The van der Waals surface area contributed by atoms with Crippen molar-refractivity contribution in [3.8, 4) is 0 Å². The summed E-state index contributed by atoms with van der Waals surface area (Å²) in [7, 11) is 0. The maximum Gasteiger partial charge on any atom is 0.286 e. The van der Waals surface area contributed by atoms with Gasteiger partial charge in [-0.3, -0.25) is 9.69 Å². The Morgan fingerprint density at radius 2 is 1.77 bits per heavy atom. The molecule has 0 unspecified atom stereocenters. The zero-order valence-electron chi connectivity index (χ0n) is 13.6. The first-order valence-electron chi connectivity index (χ1n) is 8.04. The van der Waals surface area contributed by atoms with Crippen molar-refractivity contribution in [1.82, 2.24) is 0 Å². The Bertz CT molecular complexity index is 555. The molecule has 2 fully saturated rings. The van der Waals surface area contributed by atoms with Gasteiger partial charge in [-0.1, -0.05) is 48.5 Å². The molecular formula is C18H24BrNOS. The molecule has 0 bridgehead atoms. The number of benzene rings is 1. The lowest BCUT2D eigenvalue weighted by Gasteiger charge is -2.46. The summed E-state index contributed by atoms with van der Waals surface area (Å²) in [5, 5.41) is 0.219. The molecule has 1 saturated heterocycles. The van der Waals surface area contributed by atoms with Crippen LogP contribution in [0, 0.1) is 11.3 Å². The highest BCUT2D eigenvalue weighted by atomic mass is 79.9. The molecule has 1 spiro atoms. The van der Waals surface area contributed by atoms with E-state index in [2.05, 4.69) is 53.7 Å². The van der Waals surface area contributed by atoms with E-state index in [0.717, 1.165) is 34.7 Å². The fraction of sp³-hybridized carbons (Fsp3) is 0.611. The number of anilines is 1. The Balaban J connectivity index is 1.84. The van der Waals surface area contributed by atoms with Crippen LogP contribution >= 0.6 is 27.7 Å². The van der Waals surface area contributed by atoms with Crippen LogP contribution in [0.15, 0.2) is 28.7 Å². The summed E-state index contributed by atoms with van der Waals surface area (Å²) in [5.41, 5.74) is 1.46. The summed E-state index contributed by atoms with van der Waals surface area (Å²) >= 11 is 4.97. The molecular weight excluding hydrogens is 358 g/mol. The number of hydrogen-bond donors (Lipinski definition) is 0. The Morgan fingerprint density at radius 3 is 2.32 bits per heavy atom. The van der Waals surface area contributed by atoms with E-state index in [9.17, 15) is 4.79 Å². The highest BCUT2D eigenvalue weighted by molar-refractivity contribution is 9.10. The minimum absolute atomic E-state index is 0.0390. The minimum Gasteiger partial charge on any atom is -0.296 e. The van der Waals surface area contributed by atoms with E-state index in [1.54, 1.807) is 0 Å². The van der Waals surface area contributed by atoms with E-state index in [4.69, 9.17) is 0 Å². The maximum atomic E-state index is 12.5. The Labute approximate surface area is 146 Å². The molecule has 2 nitrogen and oxygen atoms in total. The number of hydrogen-bond acceptors (Lipinski definition) is 2. The van der Waals surface area contributed by atoms with Gasteiger partial charge in [0, 0.05) is 15.9 Å². The Hall–Kier alpha value is -0.480. The lowest BCUT2D eigenvalue weighted by atomic mass is 9.67. The van der Waals surface area contributed by atoms with Crippen LogP contribution in [0.1, 0.15) is 46.5 Å². The summed E-state index contributed by atoms with van der Waals surface area (Å²) < 4.78 is 1.06. The zero-order valence-corrected chi connectivity index (χ0v) is 16.0. The molecule has 3 rings (SSSR count). The summed E-state index contributed by atoms with van der Waals surface area (Å²) in [4.78, 5) is 14.6. The van der Waals surface area contributed by atoms with Crippen molar-refractivity contribution >= 4 is 38.6 Å². The molecule has 1 heterocycles. The molecule has 1 aliphatic carbocycles. The number of carbonyl (C=O) groups excluding carboxylic acids is 1. The second-order valence-electron chi connectivity index (χ2n) is 7.73. The average Bonchev–Trinajstić information content (AvgIpc) is 2.77. The molecule has 2 aliphatic rings. The third kappa shape index (κ3) is 2.96. The molecule has 1 aromatic carbocycles. The van der Waals surface area contributed by atoms with Crippen molar-refractivity contribution in [2.75, 3.05) is 10.7 Å². The van der Waals surface area contributed by atoms with Crippen molar-refractivity contribution in [3.63, 3.8) is 0 Å². The van der Waals surface area contributed by atoms with Gasteiger partial charge in [-0.2, -0.15) is 0 Å². The van der Waals surface area contributed by atoms with Gasteiger partial charge in [0.2, 0.25) is 0 Å². The van der Waals surface area contributed by atoms with Crippen molar-refractivity contribution < 1.29 is 4.79 Å². The van der Waals surface area contributed by atoms with Gasteiger partial charge in [0.15, 0.2) is 0 Å². The van der Waals surface area contributed by atoms with Gasteiger partial charge >= 0.3 is 0 Å². The van der Waals surface area contributed by atoms with E-state index in [1.807, 2.05) is 12.1 Å². The summed E-state index contributed by atoms with van der Waals surface area (Å²) in [6.07, 6.45) is 4.71. The third-order valence-electron chi connectivity index (χ3n) is 5.35. The van der Waals surface area contributed by atoms with Crippen LogP contribution < -0.4 is 4.90 Å². The van der Waals surface area contributed by atoms with Crippen molar-refractivity contribution in [1.29, 1.82) is 0 Å². The largest absolute Gasteiger partial charge is 0.296 e. The highest BCUT2D eigenvalue weighted by Crippen LogP contribution is 2.50. The highest BCUT2D eigenvalue weighted by Gasteiger charge is 2.49. The SMILES string of the molecule is CC(C)(C)C1CCC2(CC1)CSC(=O)N2c1ccc(Br)cc1.